The molecule has 0 aliphatic rings. The van der Waals surface area contributed by atoms with Gasteiger partial charge in [-0.25, -0.2) is 8.42 Å². The third kappa shape index (κ3) is 5.06. The highest BCUT2D eigenvalue weighted by Gasteiger charge is 2.14. The van der Waals surface area contributed by atoms with Gasteiger partial charge in [0.2, 0.25) is 5.89 Å². The topological polar surface area (TPSA) is 102 Å². The Kier molecular flexibility index (Phi) is 5.50. The Bertz CT molecular complexity index is 1080. The molecule has 0 radical (unpaired) electrons. The number of halogens is 2. The summed E-state index contributed by atoms with van der Waals surface area (Å²) in [6, 6.07) is 10.7. The summed E-state index contributed by atoms with van der Waals surface area (Å²) >= 11 is 11.8. The quantitative estimate of drug-likeness (QED) is 0.669. The fourth-order valence-corrected chi connectivity index (χ4v) is 3.42. The number of anilines is 1. The molecule has 1 amide bonds. The van der Waals surface area contributed by atoms with Crippen molar-refractivity contribution in [2.45, 2.75) is 11.3 Å². The van der Waals surface area contributed by atoms with Crippen LogP contribution in [-0.2, 0) is 16.3 Å². The smallest absolute Gasteiger partial charge is 0.322 e. The van der Waals surface area contributed by atoms with Crippen LogP contribution in [0.4, 0.5) is 6.01 Å². The van der Waals surface area contributed by atoms with Gasteiger partial charge < -0.3 is 4.42 Å². The van der Waals surface area contributed by atoms with E-state index < -0.39 is 15.7 Å². The Labute approximate surface area is 165 Å². The van der Waals surface area contributed by atoms with Crippen LogP contribution < -0.4 is 5.32 Å². The largest absolute Gasteiger partial charge is 0.407 e. The van der Waals surface area contributed by atoms with Gasteiger partial charge >= 0.3 is 6.01 Å². The first-order valence-electron chi connectivity index (χ1n) is 7.59. The molecule has 1 aromatic heterocycles. The van der Waals surface area contributed by atoms with Crippen molar-refractivity contribution in [1.29, 1.82) is 0 Å². The zero-order valence-corrected chi connectivity index (χ0v) is 16.3. The van der Waals surface area contributed by atoms with Gasteiger partial charge in [-0.2, -0.15) is 0 Å². The monoisotopic (exact) mass is 425 g/mol. The van der Waals surface area contributed by atoms with E-state index in [9.17, 15) is 13.2 Å². The van der Waals surface area contributed by atoms with Crippen molar-refractivity contribution in [3.05, 3.63) is 69.5 Å². The second-order valence-electron chi connectivity index (χ2n) is 5.71. The molecule has 0 aliphatic carbocycles. The van der Waals surface area contributed by atoms with Crippen LogP contribution in [0.1, 0.15) is 21.8 Å². The second kappa shape index (κ2) is 7.67. The van der Waals surface area contributed by atoms with E-state index in [1.54, 1.807) is 12.1 Å². The number of sulfone groups is 1. The highest BCUT2D eigenvalue weighted by Crippen LogP contribution is 2.20. The maximum atomic E-state index is 12.2. The van der Waals surface area contributed by atoms with Gasteiger partial charge in [-0.15, -0.1) is 5.10 Å². The lowest BCUT2D eigenvalue weighted by Crippen LogP contribution is -2.12. The second-order valence-corrected chi connectivity index (χ2v) is 8.59. The minimum Gasteiger partial charge on any atom is -0.407 e. The highest BCUT2D eigenvalue weighted by molar-refractivity contribution is 7.90. The summed E-state index contributed by atoms with van der Waals surface area (Å²) in [5, 5.41) is 10.8. The molecular formula is C17H13Cl2N3O4S. The van der Waals surface area contributed by atoms with Gasteiger partial charge in [0.25, 0.3) is 5.91 Å². The number of hydrogen-bond donors (Lipinski definition) is 1. The number of carbonyl (C=O) groups excluding carboxylic acids is 1. The minimum absolute atomic E-state index is 0.0705. The molecule has 0 fully saturated rings. The average Bonchev–Trinajstić information content (AvgIpc) is 3.00. The van der Waals surface area contributed by atoms with Crippen LogP contribution in [0.2, 0.25) is 10.0 Å². The number of nitrogens with zero attached hydrogens (tertiary/aromatic N) is 2. The molecule has 0 atom stereocenters. The summed E-state index contributed by atoms with van der Waals surface area (Å²) in [5.74, 6) is -0.228. The first kappa shape index (κ1) is 19.3. The van der Waals surface area contributed by atoms with E-state index in [4.69, 9.17) is 27.6 Å². The van der Waals surface area contributed by atoms with Crippen LogP contribution in [0.25, 0.3) is 0 Å². The fourth-order valence-electron chi connectivity index (χ4n) is 2.26. The van der Waals surface area contributed by atoms with Gasteiger partial charge in [0, 0.05) is 21.9 Å². The zero-order valence-electron chi connectivity index (χ0n) is 13.9. The minimum atomic E-state index is -3.25. The van der Waals surface area contributed by atoms with Gasteiger partial charge in [0.05, 0.1) is 11.3 Å². The van der Waals surface area contributed by atoms with Crippen LogP contribution in [0, 0.1) is 0 Å². The van der Waals surface area contributed by atoms with Gasteiger partial charge in [0.1, 0.15) is 0 Å². The van der Waals surface area contributed by atoms with E-state index in [0.29, 0.717) is 10.0 Å². The van der Waals surface area contributed by atoms with Gasteiger partial charge in [-0.05, 0) is 35.9 Å². The molecule has 2 aromatic carbocycles. The van der Waals surface area contributed by atoms with Gasteiger partial charge in [-0.3, -0.25) is 10.1 Å². The summed E-state index contributed by atoms with van der Waals surface area (Å²) in [6.07, 6.45) is 1.43. The molecule has 0 bridgehead atoms. The number of benzene rings is 2. The number of nitrogens with one attached hydrogen (secondary N) is 1. The molecule has 0 aliphatic heterocycles. The third-order valence-electron chi connectivity index (χ3n) is 3.52. The van der Waals surface area contributed by atoms with Gasteiger partial charge in [-0.1, -0.05) is 40.4 Å². The van der Waals surface area contributed by atoms with Crippen molar-refractivity contribution in [1.82, 2.24) is 10.2 Å². The zero-order chi connectivity index (χ0) is 19.6. The summed E-state index contributed by atoms with van der Waals surface area (Å²) in [7, 11) is -3.25. The number of carbonyl (C=O) groups is 1. The number of amides is 1. The molecule has 0 spiro atoms. The number of hydrogen-bond acceptors (Lipinski definition) is 6. The molecule has 10 heteroatoms. The molecule has 0 saturated heterocycles. The standard InChI is InChI=1S/C17H13Cl2N3O4S/c1-27(24,25)14-4-2-10(3-5-14)6-15-21-22-17(26-15)20-16(23)11-7-12(18)9-13(19)8-11/h2-5,7-9H,6H2,1H3,(H,20,22,23). The lowest BCUT2D eigenvalue weighted by Gasteiger charge is -2.02. The van der Waals surface area contributed by atoms with Crippen molar-refractivity contribution in [2.24, 2.45) is 0 Å². The van der Waals surface area contributed by atoms with Crippen LogP contribution in [-0.4, -0.2) is 30.8 Å². The average molecular weight is 426 g/mol. The van der Waals surface area contributed by atoms with Crippen LogP contribution >= 0.6 is 23.2 Å². The first-order chi connectivity index (χ1) is 12.7. The molecule has 3 aromatic rings. The van der Waals surface area contributed by atoms with E-state index >= 15 is 0 Å². The fraction of sp³-hybridized carbons (Fsp3) is 0.118. The summed E-state index contributed by atoms with van der Waals surface area (Å²) in [5.41, 5.74) is 1.04. The molecule has 7 nitrogen and oxygen atoms in total. The van der Waals surface area contributed by atoms with Crippen LogP contribution in [0.5, 0.6) is 0 Å². The molecular weight excluding hydrogens is 413 g/mol. The summed E-state index contributed by atoms with van der Waals surface area (Å²) < 4.78 is 28.3. The molecule has 3 rings (SSSR count). The Balaban J connectivity index is 1.68. The van der Waals surface area contributed by atoms with E-state index in [1.807, 2.05) is 0 Å². The van der Waals surface area contributed by atoms with E-state index in [2.05, 4.69) is 15.5 Å². The first-order valence-corrected chi connectivity index (χ1v) is 10.2. The summed E-state index contributed by atoms with van der Waals surface area (Å²) in [6.45, 7) is 0. The Hall–Kier alpha value is -2.42. The van der Waals surface area contributed by atoms with Crippen molar-refractivity contribution in [3.63, 3.8) is 0 Å². The predicted molar refractivity (Wildman–Crippen MR) is 101 cm³/mol. The molecule has 27 heavy (non-hydrogen) atoms. The molecule has 0 unspecified atom stereocenters. The lowest BCUT2D eigenvalue weighted by atomic mass is 10.1. The maximum absolute atomic E-state index is 12.2. The van der Waals surface area contributed by atoms with Crippen molar-refractivity contribution in [2.75, 3.05) is 11.6 Å². The van der Waals surface area contributed by atoms with Crippen molar-refractivity contribution < 1.29 is 17.6 Å². The SMILES string of the molecule is CS(=O)(=O)c1ccc(Cc2nnc(NC(=O)c3cc(Cl)cc(Cl)c3)o2)cc1. The van der Waals surface area contributed by atoms with E-state index in [0.717, 1.165) is 11.8 Å². The third-order valence-corrected chi connectivity index (χ3v) is 5.08. The number of rotatable bonds is 5. The van der Waals surface area contributed by atoms with Crippen molar-refractivity contribution in [3.8, 4) is 0 Å². The maximum Gasteiger partial charge on any atom is 0.322 e. The predicted octanol–water partition coefficient (Wildman–Crippen LogP) is 3.62. The Morgan fingerprint density at radius 3 is 2.30 bits per heavy atom. The Morgan fingerprint density at radius 2 is 1.70 bits per heavy atom. The number of aromatic nitrogens is 2. The highest BCUT2D eigenvalue weighted by atomic mass is 35.5. The lowest BCUT2D eigenvalue weighted by molar-refractivity contribution is 0.102. The molecule has 140 valence electrons. The van der Waals surface area contributed by atoms with Crippen LogP contribution in [0.15, 0.2) is 51.8 Å². The van der Waals surface area contributed by atoms with E-state index in [1.165, 1.54) is 30.3 Å². The van der Waals surface area contributed by atoms with E-state index in [-0.39, 0.29) is 28.8 Å². The molecule has 1 N–H and O–H groups in total. The molecule has 0 saturated carbocycles. The van der Waals surface area contributed by atoms with Crippen LogP contribution in [0.3, 0.4) is 0 Å². The normalized spacial score (nSPS) is 11.4. The summed E-state index contributed by atoms with van der Waals surface area (Å²) in [4.78, 5) is 12.4. The molecule has 1 heterocycles. The van der Waals surface area contributed by atoms with Crippen molar-refractivity contribution >= 4 is 45.0 Å². The van der Waals surface area contributed by atoms with Gasteiger partial charge in [0.15, 0.2) is 9.84 Å². The Morgan fingerprint density at radius 1 is 1.07 bits per heavy atom.